The summed E-state index contributed by atoms with van der Waals surface area (Å²) in [5.41, 5.74) is 3.33. The Labute approximate surface area is 94.0 Å². The summed E-state index contributed by atoms with van der Waals surface area (Å²) in [4.78, 5) is 9.22. The molecule has 16 heavy (non-hydrogen) atoms. The number of hydrogen-bond donors (Lipinski definition) is 1. The zero-order chi connectivity index (χ0) is 11.1. The second-order valence-corrected chi connectivity index (χ2v) is 4.39. The van der Waals surface area contributed by atoms with Crippen molar-refractivity contribution in [1.29, 1.82) is 0 Å². The largest absolute Gasteiger partial charge is 0.325 e. The van der Waals surface area contributed by atoms with Crippen LogP contribution in [0.3, 0.4) is 0 Å². The van der Waals surface area contributed by atoms with Crippen LogP contribution in [0.4, 0.5) is 0 Å². The van der Waals surface area contributed by atoms with Crippen LogP contribution in [0.15, 0.2) is 18.2 Å². The Morgan fingerprint density at radius 1 is 1.50 bits per heavy atom. The molecule has 0 spiro atoms. The van der Waals surface area contributed by atoms with Crippen molar-refractivity contribution in [2.45, 2.75) is 32.4 Å². The van der Waals surface area contributed by atoms with Gasteiger partial charge in [-0.3, -0.25) is 4.84 Å². The minimum atomic E-state index is 0.436. The third-order valence-corrected chi connectivity index (χ3v) is 3.09. The smallest absolute Gasteiger partial charge is 0.106 e. The summed E-state index contributed by atoms with van der Waals surface area (Å²) < 4.78 is 2.34. The summed E-state index contributed by atoms with van der Waals surface area (Å²) in [5, 5.41) is 0. The van der Waals surface area contributed by atoms with E-state index in [1.807, 2.05) is 6.07 Å². The zero-order valence-corrected chi connectivity index (χ0v) is 9.31. The summed E-state index contributed by atoms with van der Waals surface area (Å²) in [6.07, 6.45) is 2.56. The third kappa shape index (κ3) is 1.50. The Kier molecular flexibility index (Phi) is 2.19. The van der Waals surface area contributed by atoms with Crippen molar-refractivity contribution in [3.8, 4) is 0 Å². The maximum Gasteiger partial charge on any atom is 0.106 e. The normalized spacial score (nSPS) is 15.9. The number of hydrogen-bond acceptors (Lipinski definition) is 3. The first-order chi connectivity index (χ1) is 7.79. The van der Waals surface area contributed by atoms with E-state index in [2.05, 4.69) is 33.4 Å². The lowest BCUT2D eigenvalue weighted by atomic mass is 10.2. The molecule has 0 amide bonds. The zero-order valence-electron chi connectivity index (χ0n) is 9.31. The molecule has 4 heteroatoms. The van der Waals surface area contributed by atoms with Crippen LogP contribution in [0.2, 0.25) is 0 Å². The van der Waals surface area contributed by atoms with Gasteiger partial charge in [-0.25, -0.2) is 10.9 Å². The van der Waals surface area contributed by atoms with Crippen molar-refractivity contribution in [2.75, 3.05) is 0 Å². The highest BCUT2D eigenvalue weighted by molar-refractivity contribution is 5.77. The van der Waals surface area contributed by atoms with Crippen LogP contribution in [0.25, 0.3) is 11.0 Å². The monoisotopic (exact) mass is 217 g/mol. The van der Waals surface area contributed by atoms with E-state index in [1.54, 1.807) is 0 Å². The van der Waals surface area contributed by atoms with Crippen LogP contribution in [0, 0.1) is 6.92 Å². The number of nitrogens with zero attached hydrogens (tertiary/aromatic N) is 2. The predicted octanol–water partition coefficient (Wildman–Crippen LogP) is 2.07. The fraction of sp³-hybridized carbons (Fsp3) is 0.417. The molecule has 1 aliphatic carbocycles. The van der Waals surface area contributed by atoms with E-state index in [-0.39, 0.29) is 0 Å². The number of fused-ring (bicyclic) bond motifs is 1. The van der Waals surface area contributed by atoms with Crippen LogP contribution < -0.4 is 5.90 Å². The second-order valence-electron chi connectivity index (χ2n) is 4.39. The summed E-state index contributed by atoms with van der Waals surface area (Å²) >= 11 is 0. The highest BCUT2D eigenvalue weighted by atomic mass is 16.6. The molecule has 3 rings (SSSR count). The van der Waals surface area contributed by atoms with Gasteiger partial charge in [0.25, 0.3) is 0 Å². The molecule has 1 aromatic heterocycles. The highest BCUT2D eigenvalue weighted by Crippen LogP contribution is 2.38. The average molecular weight is 217 g/mol. The third-order valence-electron chi connectivity index (χ3n) is 3.09. The number of rotatable bonds is 3. The molecule has 0 aliphatic heterocycles. The Morgan fingerprint density at radius 2 is 2.31 bits per heavy atom. The standard InChI is InChI=1S/C12H15N3O/c1-8-14-11-6-9(7-16-13)2-5-12(11)15(8)10-3-4-10/h2,5-6,10H,3-4,7,13H2,1H3. The number of nitrogens with two attached hydrogens (primary N) is 1. The fourth-order valence-electron chi connectivity index (χ4n) is 2.24. The van der Waals surface area contributed by atoms with Crippen molar-refractivity contribution in [1.82, 2.24) is 9.55 Å². The molecular weight excluding hydrogens is 202 g/mol. The van der Waals surface area contributed by atoms with Crippen molar-refractivity contribution in [3.05, 3.63) is 29.6 Å². The molecule has 1 fully saturated rings. The Hall–Kier alpha value is -1.39. The molecule has 4 nitrogen and oxygen atoms in total. The van der Waals surface area contributed by atoms with E-state index in [0.29, 0.717) is 12.6 Å². The quantitative estimate of drug-likeness (QED) is 0.801. The SMILES string of the molecule is Cc1nc2cc(CON)ccc2n1C1CC1. The van der Waals surface area contributed by atoms with Gasteiger partial charge in [-0.15, -0.1) is 0 Å². The predicted molar refractivity (Wildman–Crippen MR) is 61.7 cm³/mol. The van der Waals surface area contributed by atoms with Gasteiger partial charge in [-0.2, -0.15) is 0 Å². The lowest BCUT2D eigenvalue weighted by Gasteiger charge is -2.04. The van der Waals surface area contributed by atoms with E-state index >= 15 is 0 Å². The first kappa shape index (κ1) is 9.81. The maximum absolute atomic E-state index is 5.07. The average Bonchev–Trinajstić information content (AvgIpc) is 3.02. The Balaban J connectivity index is 2.12. The maximum atomic E-state index is 5.07. The minimum absolute atomic E-state index is 0.436. The van der Waals surface area contributed by atoms with Crippen LogP contribution in [-0.2, 0) is 11.4 Å². The molecule has 0 radical (unpaired) electrons. The first-order valence-electron chi connectivity index (χ1n) is 5.59. The van der Waals surface area contributed by atoms with Gasteiger partial charge >= 0.3 is 0 Å². The van der Waals surface area contributed by atoms with Crippen molar-refractivity contribution < 1.29 is 4.84 Å². The second kappa shape index (κ2) is 3.57. The number of aryl methyl sites for hydroxylation is 1. The molecular formula is C12H15N3O. The molecule has 2 N–H and O–H groups in total. The Bertz CT molecular complexity index is 528. The van der Waals surface area contributed by atoms with Crippen LogP contribution in [-0.4, -0.2) is 9.55 Å². The van der Waals surface area contributed by atoms with E-state index in [4.69, 9.17) is 5.90 Å². The molecule has 1 heterocycles. The topological polar surface area (TPSA) is 53.1 Å². The van der Waals surface area contributed by atoms with Crippen molar-refractivity contribution in [2.24, 2.45) is 5.90 Å². The van der Waals surface area contributed by atoms with E-state index in [0.717, 1.165) is 16.9 Å². The van der Waals surface area contributed by atoms with Crippen LogP contribution in [0.5, 0.6) is 0 Å². The van der Waals surface area contributed by atoms with Gasteiger partial charge in [0, 0.05) is 6.04 Å². The van der Waals surface area contributed by atoms with Gasteiger partial charge in [0.1, 0.15) is 5.82 Å². The molecule has 0 unspecified atom stereocenters. The van der Waals surface area contributed by atoms with Crippen LogP contribution in [0.1, 0.15) is 30.3 Å². The molecule has 2 aromatic rings. The van der Waals surface area contributed by atoms with Gasteiger partial charge in [-0.05, 0) is 37.5 Å². The molecule has 0 atom stereocenters. The lowest BCUT2D eigenvalue weighted by molar-refractivity contribution is 0.124. The van der Waals surface area contributed by atoms with Crippen molar-refractivity contribution in [3.63, 3.8) is 0 Å². The van der Waals surface area contributed by atoms with Gasteiger partial charge in [0.2, 0.25) is 0 Å². The summed E-state index contributed by atoms with van der Waals surface area (Å²) in [7, 11) is 0. The highest BCUT2D eigenvalue weighted by Gasteiger charge is 2.26. The molecule has 1 aromatic carbocycles. The molecule has 1 saturated carbocycles. The van der Waals surface area contributed by atoms with E-state index < -0.39 is 0 Å². The van der Waals surface area contributed by atoms with Gasteiger partial charge < -0.3 is 4.57 Å². The summed E-state index contributed by atoms with van der Waals surface area (Å²) in [6.45, 7) is 2.50. The first-order valence-corrected chi connectivity index (χ1v) is 5.59. The molecule has 84 valence electrons. The van der Waals surface area contributed by atoms with E-state index in [1.165, 1.54) is 18.4 Å². The lowest BCUT2D eigenvalue weighted by Crippen LogP contribution is -1.99. The van der Waals surface area contributed by atoms with E-state index in [9.17, 15) is 0 Å². The number of imidazole rings is 1. The summed E-state index contributed by atoms with van der Waals surface area (Å²) in [5.74, 6) is 6.17. The molecule has 0 saturated heterocycles. The van der Waals surface area contributed by atoms with Crippen molar-refractivity contribution >= 4 is 11.0 Å². The van der Waals surface area contributed by atoms with Gasteiger partial charge in [-0.1, -0.05) is 6.07 Å². The minimum Gasteiger partial charge on any atom is -0.325 e. The molecule has 1 aliphatic rings. The fourth-order valence-corrected chi connectivity index (χ4v) is 2.24. The van der Waals surface area contributed by atoms with Gasteiger partial charge in [0.05, 0.1) is 17.6 Å². The molecule has 0 bridgehead atoms. The number of benzene rings is 1. The van der Waals surface area contributed by atoms with Gasteiger partial charge in [0.15, 0.2) is 0 Å². The number of aromatic nitrogens is 2. The Morgan fingerprint density at radius 3 is 3.00 bits per heavy atom. The summed E-state index contributed by atoms with van der Waals surface area (Å²) in [6, 6.07) is 6.88. The van der Waals surface area contributed by atoms with Crippen LogP contribution >= 0.6 is 0 Å².